The first kappa shape index (κ1) is 6.91. The molecule has 0 N–H and O–H groups in total. The van der Waals surface area contributed by atoms with Crippen LogP contribution in [0, 0.1) is 5.92 Å². The Bertz CT molecular complexity index is 183. The van der Waals surface area contributed by atoms with Gasteiger partial charge in [0.1, 0.15) is 0 Å². The van der Waals surface area contributed by atoms with Crippen molar-refractivity contribution in [3.63, 3.8) is 0 Å². The number of methoxy groups -OCH3 is 1. The SMILES string of the molecule is COC(=O)N1CCC2CC2O1. The van der Waals surface area contributed by atoms with Gasteiger partial charge in [0, 0.05) is 0 Å². The van der Waals surface area contributed by atoms with E-state index in [0.717, 1.165) is 12.8 Å². The van der Waals surface area contributed by atoms with Gasteiger partial charge in [0.05, 0.1) is 19.8 Å². The monoisotopic (exact) mass is 157 g/mol. The normalized spacial score (nSPS) is 34.5. The average molecular weight is 157 g/mol. The van der Waals surface area contributed by atoms with Gasteiger partial charge in [-0.25, -0.2) is 4.79 Å². The zero-order valence-corrected chi connectivity index (χ0v) is 6.45. The number of hydroxylamine groups is 2. The summed E-state index contributed by atoms with van der Waals surface area (Å²) in [5.74, 6) is 0.705. The highest BCUT2D eigenvalue weighted by Crippen LogP contribution is 2.40. The van der Waals surface area contributed by atoms with Gasteiger partial charge in [0.15, 0.2) is 0 Å². The van der Waals surface area contributed by atoms with Crippen LogP contribution in [0.2, 0.25) is 0 Å². The van der Waals surface area contributed by atoms with Crippen LogP contribution < -0.4 is 0 Å². The zero-order chi connectivity index (χ0) is 7.84. The third kappa shape index (κ3) is 1.18. The van der Waals surface area contributed by atoms with E-state index in [1.165, 1.54) is 12.2 Å². The summed E-state index contributed by atoms with van der Waals surface area (Å²) < 4.78 is 4.52. The molecule has 1 heterocycles. The zero-order valence-electron chi connectivity index (χ0n) is 6.45. The fourth-order valence-electron chi connectivity index (χ4n) is 1.39. The van der Waals surface area contributed by atoms with Crippen LogP contribution in [0.5, 0.6) is 0 Å². The van der Waals surface area contributed by atoms with Gasteiger partial charge in [0.25, 0.3) is 0 Å². The van der Waals surface area contributed by atoms with Gasteiger partial charge in [0.2, 0.25) is 0 Å². The standard InChI is InChI=1S/C7H11NO3/c1-10-7(9)8-3-2-5-4-6(5)11-8/h5-6H,2-4H2,1H3. The molecule has 1 aliphatic heterocycles. The number of hydrogen-bond acceptors (Lipinski definition) is 3. The second kappa shape index (κ2) is 2.37. The Morgan fingerprint density at radius 3 is 3.18 bits per heavy atom. The van der Waals surface area contributed by atoms with Crippen LogP contribution in [0.4, 0.5) is 4.79 Å². The molecule has 2 unspecified atom stereocenters. The van der Waals surface area contributed by atoms with Crippen LogP contribution in [-0.2, 0) is 9.57 Å². The van der Waals surface area contributed by atoms with Gasteiger partial charge < -0.3 is 4.74 Å². The summed E-state index contributed by atoms with van der Waals surface area (Å²) in [5, 5.41) is 1.31. The minimum absolute atomic E-state index is 0.294. The third-order valence-corrected chi connectivity index (χ3v) is 2.20. The molecule has 1 amide bonds. The Labute approximate surface area is 65.0 Å². The van der Waals surface area contributed by atoms with Crippen LogP contribution in [0.1, 0.15) is 12.8 Å². The number of carbonyl (C=O) groups is 1. The minimum atomic E-state index is -0.379. The van der Waals surface area contributed by atoms with Gasteiger partial charge in [-0.1, -0.05) is 0 Å². The molecule has 1 saturated carbocycles. The Morgan fingerprint density at radius 2 is 2.55 bits per heavy atom. The smallest absolute Gasteiger partial charge is 0.433 e. The Hall–Kier alpha value is -0.770. The Morgan fingerprint density at radius 1 is 1.73 bits per heavy atom. The van der Waals surface area contributed by atoms with Crippen molar-refractivity contribution in [2.24, 2.45) is 5.92 Å². The minimum Gasteiger partial charge on any atom is -0.451 e. The van der Waals surface area contributed by atoms with Gasteiger partial charge in [-0.2, -0.15) is 5.06 Å². The molecular weight excluding hydrogens is 146 g/mol. The van der Waals surface area contributed by atoms with Crippen LogP contribution >= 0.6 is 0 Å². The van der Waals surface area contributed by atoms with Crippen molar-refractivity contribution >= 4 is 6.09 Å². The molecule has 1 saturated heterocycles. The molecule has 0 aromatic heterocycles. The molecule has 0 spiro atoms. The predicted octanol–water partition coefficient (Wildman–Crippen LogP) is 0.779. The molecule has 0 aromatic carbocycles. The summed E-state index contributed by atoms with van der Waals surface area (Å²) in [7, 11) is 1.37. The molecule has 0 aromatic rings. The quantitative estimate of drug-likeness (QED) is 0.521. The van der Waals surface area contributed by atoms with Crippen molar-refractivity contribution in [3.8, 4) is 0 Å². The van der Waals surface area contributed by atoms with E-state index < -0.39 is 0 Å². The van der Waals surface area contributed by atoms with Gasteiger partial charge in [-0.05, 0) is 18.8 Å². The van der Waals surface area contributed by atoms with Crippen molar-refractivity contribution in [1.82, 2.24) is 5.06 Å². The van der Waals surface area contributed by atoms with Crippen molar-refractivity contribution in [1.29, 1.82) is 0 Å². The van der Waals surface area contributed by atoms with E-state index in [1.54, 1.807) is 0 Å². The molecule has 4 nitrogen and oxygen atoms in total. The number of rotatable bonds is 0. The van der Waals surface area contributed by atoms with E-state index >= 15 is 0 Å². The van der Waals surface area contributed by atoms with Crippen LogP contribution in [0.3, 0.4) is 0 Å². The number of nitrogens with zero attached hydrogens (tertiary/aromatic N) is 1. The molecule has 2 rings (SSSR count). The number of carbonyl (C=O) groups excluding carboxylic acids is 1. The number of hydrogen-bond donors (Lipinski definition) is 0. The lowest BCUT2D eigenvalue weighted by atomic mass is 10.3. The lowest BCUT2D eigenvalue weighted by molar-refractivity contribution is -0.164. The summed E-state index contributed by atoms with van der Waals surface area (Å²) in [5.41, 5.74) is 0. The fraction of sp³-hybridized carbons (Fsp3) is 0.857. The van der Waals surface area contributed by atoms with Crippen molar-refractivity contribution < 1.29 is 14.4 Å². The van der Waals surface area contributed by atoms with Gasteiger partial charge in [-0.3, -0.25) is 4.84 Å². The fourth-order valence-corrected chi connectivity index (χ4v) is 1.39. The largest absolute Gasteiger partial charge is 0.451 e. The lowest BCUT2D eigenvalue weighted by Crippen LogP contribution is -2.36. The Kier molecular flexibility index (Phi) is 1.49. The molecule has 2 atom stereocenters. The summed E-state index contributed by atoms with van der Waals surface area (Å²) in [4.78, 5) is 16.2. The van der Waals surface area contributed by atoms with Crippen molar-refractivity contribution in [2.75, 3.05) is 13.7 Å². The third-order valence-electron chi connectivity index (χ3n) is 2.20. The van der Waals surface area contributed by atoms with E-state index in [2.05, 4.69) is 4.74 Å². The molecule has 62 valence electrons. The molecule has 2 aliphatic rings. The van der Waals surface area contributed by atoms with Crippen molar-refractivity contribution in [3.05, 3.63) is 0 Å². The molecule has 0 bridgehead atoms. The average Bonchev–Trinajstić information content (AvgIpc) is 2.80. The first-order valence-electron chi connectivity index (χ1n) is 3.83. The van der Waals surface area contributed by atoms with E-state index in [9.17, 15) is 4.79 Å². The second-order valence-electron chi connectivity index (χ2n) is 3.00. The van der Waals surface area contributed by atoms with Gasteiger partial charge in [-0.15, -0.1) is 0 Å². The number of ether oxygens (including phenoxy) is 1. The second-order valence-corrected chi connectivity index (χ2v) is 3.00. The van der Waals surface area contributed by atoms with E-state index in [1.807, 2.05) is 0 Å². The topological polar surface area (TPSA) is 38.8 Å². The van der Waals surface area contributed by atoms with Gasteiger partial charge >= 0.3 is 6.09 Å². The summed E-state index contributed by atoms with van der Waals surface area (Å²) in [6, 6.07) is 0. The van der Waals surface area contributed by atoms with Crippen LogP contribution in [0.15, 0.2) is 0 Å². The van der Waals surface area contributed by atoms with Crippen molar-refractivity contribution in [2.45, 2.75) is 18.9 Å². The highest BCUT2D eigenvalue weighted by Gasteiger charge is 2.45. The molecule has 1 aliphatic carbocycles. The number of fused-ring (bicyclic) bond motifs is 1. The van der Waals surface area contributed by atoms with Crippen LogP contribution in [0.25, 0.3) is 0 Å². The molecule has 4 heteroatoms. The maximum absolute atomic E-state index is 10.9. The first-order valence-corrected chi connectivity index (χ1v) is 3.83. The number of amides is 1. The summed E-state index contributed by atoms with van der Waals surface area (Å²) in [6.45, 7) is 0.674. The van der Waals surface area contributed by atoms with E-state index in [-0.39, 0.29) is 6.09 Å². The highest BCUT2D eigenvalue weighted by molar-refractivity contribution is 5.66. The molecule has 11 heavy (non-hydrogen) atoms. The maximum atomic E-state index is 10.9. The molecule has 2 fully saturated rings. The first-order chi connectivity index (χ1) is 5.31. The molecule has 0 radical (unpaired) electrons. The maximum Gasteiger partial charge on any atom is 0.433 e. The lowest BCUT2D eigenvalue weighted by Gasteiger charge is -2.23. The molecular formula is C7H11NO3. The predicted molar refractivity (Wildman–Crippen MR) is 36.7 cm³/mol. The summed E-state index contributed by atoms with van der Waals surface area (Å²) in [6.07, 6.45) is 2.07. The highest BCUT2D eigenvalue weighted by atomic mass is 16.7. The Balaban J connectivity index is 1.89. The van der Waals surface area contributed by atoms with E-state index in [0.29, 0.717) is 18.6 Å². The van der Waals surface area contributed by atoms with Crippen LogP contribution in [-0.4, -0.2) is 30.9 Å². The summed E-state index contributed by atoms with van der Waals surface area (Å²) >= 11 is 0. The van der Waals surface area contributed by atoms with E-state index in [4.69, 9.17) is 4.84 Å².